The summed E-state index contributed by atoms with van der Waals surface area (Å²) in [5.74, 6) is 0. The van der Waals surface area contributed by atoms with Crippen molar-refractivity contribution >= 4 is 38.5 Å². The van der Waals surface area contributed by atoms with Crippen LogP contribution in [0.5, 0.6) is 0 Å². The van der Waals surface area contributed by atoms with Crippen LogP contribution in [0.1, 0.15) is 24.8 Å². The van der Waals surface area contributed by atoms with E-state index >= 15 is 0 Å². The van der Waals surface area contributed by atoms with E-state index in [1.54, 1.807) is 0 Å². The van der Waals surface area contributed by atoms with Crippen LogP contribution in [-0.2, 0) is 6.54 Å². The Balaban J connectivity index is 2.12. The fraction of sp³-hybridized carbons (Fsp3) is 0.500. The van der Waals surface area contributed by atoms with Gasteiger partial charge in [-0.05, 0) is 35.4 Å². The highest BCUT2D eigenvalue weighted by Gasteiger charge is 1.96. The molecule has 15 heavy (non-hydrogen) atoms. The van der Waals surface area contributed by atoms with Crippen LogP contribution in [0.3, 0.4) is 0 Å². The summed E-state index contributed by atoms with van der Waals surface area (Å²) >= 11 is 5.98. The topological polar surface area (TPSA) is 12.0 Å². The van der Waals surface area contributed by atoms with Gasteiger partial charge in [-0.2, -0.15) is 0 Å². The summed E-state index contributed by atoms with van der Waals surface area (Å²) < 4.78 is 2.48. The van der Waals surface area contributed by atoms with E-state index in [1.807, 2.05) is 6.07 Å². The first-order valence-electron chi connectivity index (χ1n) is 5.34. The molecule has 1 N–H and O–H groups in total. The third kappa shape index (κ3) is 5.88. The van der Waals surface area contributed by atoms with Crippen LogP contribution in [-0.4, -0.2) is 11.0 Å². The predicted molar refractivity (Wildman–Crippen MR) is 78.6 cm³/mol. The molecule has 0 aliphatic rings. The van der Waals surface area contributed by atoms with Gasteiger partial charge in [0.15, 0.2) is 0 Å². The van der Waals surface area contributed by atoms with Gasteiger partial charge >= 0.3 is 0 Å². The normalized spacial score (nSPS) is 10.5. The smallest absolute Gasteiger partial charge is 0.0220 e. The molecule has 0 heterocycles. The van der Waals surface area contributed by atoms with Gasteiger partial charge in [-0.25, -0.2) is 0 Å². The minimum Gasteiger partial charge on any atom is -0.313 e. The first kappa shape index (κ1) is 13.5. The fourth-order valence-electron chi connectivity index (χ4n) is 1.39. The molecular weight excluding hydrogens is 365 g/mol. The van der Waals surface area contributed by atoms with E-state index in [9.17, 15) is 0 Å². The van der Waals surface area contributed by atoms with Crippen LogP contribution in [0.2, 0.25) is 0 Å². The molecule has 0 saturated heterocycles. The maximum atomic E-state index is 3.55. The number of alkyl halides is 1. The summed E-state index contributed by atoms with van der Waals surface area (Å²) in [6, 6.07) is 8.38. The van der Waals surface area contributed by atoms with E-state index in [0.29, 0.717) is 0 Å². The Morgan fingerprint density at radius 2 is 1.93 bits per heavy atom. The van der Waals surface area contributed by atoms with Crippen molar-refractivity contribution < 1.29 is 0 Å². The molecule has 0 aliphatic heterocycles. The molecule has 1 nitrogen and oxygen atoms in total. The zero-order valence-electron chi connectivity index (χ0n) is 8.81. The van der Waals surface area contributed by atoms with Crippen molar-refractivity contribution in [2.45, 2.75) is 25.8 Å². The Labute approximate surface area is 114 Å². The van der Waals surface area contributed by atoms with Crippen molar-refractivity contribution in [3.05, 3.63) is 34.3 Å². The second kappa shape index (κ2) is 8.53. The van der Waals surface area contributed by atoms with Crippen LogP contribution >= 0.6 is 38.5 Å². The number of unbranched alkanes of at least 4 members (excludes halogenated alkanes) is 2. The SMILES string of the molecule is Brc1ccccc1CNCCCCCI. The van der Waals surface area contributed by atoms with Gasteiger partial charge in [-0.1, -0.05) is 63.1 Å². The number of benzene rings is 1. The Morgan fingerprint density at radius 1 is 1.13 bits per heavy atom. The number of hydrogen-bond acceptors (Lipinski definition) is 1. The molecule has 3 heteroatoms. The zero-order valence-corrected chi connectivity index (χ0v) is 12.6. The molecule has 1 rings (SSSR count). The second-order valence-electron chi connectivity index (χ2n) is 3.52. The third-order valence-corrected chi connectivity index (χ3v) is 3.80. The predicted octanol–water partition coefficient (Wildman–Crippen LogP) is 4.14. The lowest BCUT2D eigenvalue weighted by atomic mass is 10.2. The van der Waals surface area contributed by atoms with Crippen LogP contribution in [0, 0.1) is 0 Å². The van der Waals surface area contributed by atoms with Crippen LogP contribution in [0.15, 0.2) is 28.7 Å². The first-order valence-corrected chi connectivity index (χ1v) is 7.66. The molecule has 0 radical (unpaired) electrons. The van der Waals surface area contributed by atoms with Crippen molar-refractivity contribution in [2.24, 2.45) is 0 Å². The van der Waals surface area contributed by atoms with E-state index < -0.39 is 0 Å². The second-order valence-corrected chi connectivity index (χ2v) is 5.45. The third-order valence-electron chi connectivity index (χ3n) is 2.26. The highest BCUT2D eigenvalue weighted by atomic mass is 127. The lowest BCUT2D eigenvalue weighted by molar-refractivity contribution is 0.619. The van der Waals surface area contributed by atoms with Gasteiger partial charge in [-0.3, -0.25) is 0 Å². The largest absolute Gasteiger partial charge is 0.313 e. The summed E-state index contributed by atoms with van der Waals surface area (Å²) in [5.41, 5.74) is 1.34. The van der Waals surface area contributed by atoms with Crippen molar-refractivity contribution in [1.82, 2.24) is 5.32 Å². The average molecular weight is 382 g/mol. The van der Waals surface area contributed by atoms with Crippen LogP contribution in [0.4, 0.5) is 0 Å². The molecule has 0 unspecified atom stereocenters. The molecule has 0 amide bonds. The first-order chi connectivity index (χ1) is 7.34. The van der Waals surface area contributed by atoms with Crippen molar-refractivity contribution in [3.8, 4) is 0 Å². The van der Waals surface area contributed by atoms with E-state index in [0.717, 1.165) is 13.1 Å². The highest BCUT2D eigenvalue weighted by Crippen LogP contribution is 2.15. The molecular formula is C12H17BrIN. The molecule has 0 aromatic heterocycles. The molecule has 0 spiro atoms. The minimum atomic E-state index is 0.964. The lowest BCUT2D eigenvalue weighted by Crippen LogP contribution is -2.14. The van der Waals surface area contributed by atoms with E-state index in [4.69, 9.17) is 0 Å². The molecule has 0 atom stereocenters. The van der Waals surface area contributed by atoms with E-state index in [2.05, 4.69) is 62.0 Å². The minimum absolute atomic E-state index is 0.964. The van der Waals surface area contributed by atoms with E-state index in [-0.39, 0.29) is 0 Å². The number of hydrogen-bond donors (Lipinski definition) is 1. The highest BCUT2D eigenvalue weighted by molar-refractivity contribution is 14.1. The quantitative estimate of drug-likeness (QED) is 0.425. The van der Waals surface area contributed by atoms with Gasteiger partial charge in [0.05, 0.1) is 0 Å². The Kier molecular flexibility index (Phi) is 7.65. The number of halogens is 2. The van der Waals surface area contributed by atoms with Gasteiger partial charge in [0.1, 0.15) is 0 Å². The number of nitrogens with one attached hydrogen (secondary N) is 1. The molecule has 1 aromatic carbocycles. The van der Waals surface area contributed by atoms with E-state index in [1.165, 1.54) is 33.7 Å². The summed E-state index contributed by atoms with van der Waals surface area (Å²) in [4.78, 5) is 0. The molecule has 1 aromatic rings. The van der Waals surface area contributed by atoms with Gasteiger partial charge < -0.3 is 5.32 Å². The maximum absolute atomic E-state index is 3.55. The fourth-order valence-corrected chi connectivity index (χ4v) is 2.35. The molecule has 0 bridgehead atoms. The average Bonchev–Trinajstić information content (AvgIpc) is 2.25. The van der Waals surface area contributed by atoms with Gasteiger partial charge in [-0.15, -0.1) is 0 Å². The maximum Gasteiger partial charge on any atom is 0.0220 e. The summed E-state index contributed by atoms with van der Waals surface area (Å²) in [5, 5.41) is 3.47. The van der Waals surface area contributed by atoms with Gasteiger partial charge in [0, 0.05) is 11.0 Å². The van der Waals surface area contributed by atoms with Crippen LogP contribution in [0.25, 0.3) is 0 Å². The monoisotopic (exact) mass is 381 g/mol. The molecule has 0 saturated carbocycles. The van der Waals surface area contributed by atoms with Gasteiger partial charge in [0.2, 0.25) is 0 Å². The van der Waals surface area contributed by atoms with Crippen molar-refractivity contribution in [2.75, 3.05) is 11.0 Å². The summed E-state index contributed by atoms with van der Waals surface area (Å²) in [6.07, 6.45) is 3.97. The Hall–Kier alpha value is 0.390. The molecule has 0 fully saturated rings. The molecule has 0 aliphatic carbocycles. The Morgan fingerprint density at radius 3 is 2.67 bits per heavy atom. The van der Waals surface area contributed by atoms with Gasteiger partial charge in [0.25, 0.3) is 0 Å². The van der Waals surface area contributed by atoms with Crippen molar-refractivity contribution in [3.63, 3.8) is 0 Å². The summed E-state index contributed by atoms with van der Waals surface area (Å²) in [7, 11) is 0. The van der Waals surface area contributed by atoms with Crippen LogP contribution < -0.4 is 5.32 Å². The zero-order chi connectivity index (χ0) is 10.9. The Bertz CT molecular complexity index is 278. The lowest BCUT2D eigenvalue weighted by Gasteiger charge is -2.06. The number of rotatable bonds is 7. The molecule has 84 valence electrons. The summed E-state index contributed by atoms with van der Waals surface area (Å²) in [6.45, 7) is 2.09. The van der Waals surface area contributed by atoms with Crippen molar-refractivity contribution in [1.29, 1.82) is 0 Å². The standard InChI is InChI=1S/C12H17BrIN/c13-12-7-3-2-6-11(12)10-15-9-5-1-4-8-14/h2-3,6-7,15H,1,4-5,8-10H2.